The molecule has 35 heavy (non-hydrogen) atoms. The van der Waals surface area contributed by atoms with E-state index >= 15 is 4.39 Å². The minimum Gasteiger partial charge on any atom is -0.478 e. The van der Waals surface area contributed by atoms with Crippen molar-refractivity contribution >= 4 is 11.6 Å². The molecule has 0 amide bonds. The van der Waals surface area contributed by atoms with Crippen LogP contribution in [0.4, 0.5) is 4.39 Å². The number of nitrogens with zero attached hydrogens (tertiary/aromatic N) is 2. The molecule has 0 spiro atoms. The van der Waals surface area contributed by atoms with Crippen LogP contribution in [0.1, 0.15) is 41.0 Å². The zero-order valence-corrected chi connectivity index (χ0v) is 21.3. The van der Waals surface area contributed by atoms with E-state index in [2.05, 4.69) is 28.1 Å². The van der Waals surface area contributed by atoms with Gasteiger partial charge in [0.2, 0.25) is 0 Å². The van der Waals surface area contributed by atoms with Crippen molar-refractivity contribution in [1.29, 1.82) is 0 Å². The molecule has 7 nitrogen and oxygen atoms in total. The number of benzene rings is 1. The number of rotatable bonds is 4. The Labute approximate surface area is 206 Å². The van der Waals surface area contributed by atoms with Gasteiger partial charge in [-0.3, -0.25) is 0 Å². The number of halogens is 1. The Bertz CT molecular complexity index is 1180. The number of aromatic carboxylic acids is 1. The second-order valence-electron chi connectivity index (χ2n) is 8.14. The number of aromatic nitrogens is 2. The number of carbonyl (C=O) groups is 1. The number of morpholine rings is 1. The van der Waals surface area contributed by atoms with Crippen molar-refractivity contribution in [3.63, 3.8) is 0 Å². The lowest BCUT2D eigenvalue weighted by molar-refractivity contribution is -0.520. The number of H-pyrrole nitrogens is 1. The van der Waals surface area contributed by atoms with Crippen LogP contribution in [0.5, 0.6) is 0 Å². The largest absolute Gasteiger partial charge is 0.478 e. The number of likely N-dealkylation sites (N-methyl/N-ethyl adjacent to an activating group) is 1. The summed E-state index contributed by atoms with van der Waals surface area (Å²) in [5.74, 6) is -1.69. The van der Waals surface area contributed by atoms with Crippen LogP contribution >= 0.6 is 0 Å². The molecule has 1 saturated heterocycles. The van der Waals surface area contributed by atoms with E-state index in [4.69, 9.17) is 4.74 Å². The number of imidazole rings is 1. The molecule has 8 heteroatoms. The number of fused-ring (bicyclic) bond motifs is 1. The average Bonchev–Trinajstić information content (AvgIpc) is 3.16. The minimum atomic E-state index is -1.14. The van der Waals surface area contributed by atoms with E-state index in [1.807, 2.05) is 49.6 Å². The Morgan fingerprint density at radius 2 is 2.06 bits per heavy atom. The molecule has 1 fully saturated rings. The zero-order chi connectivity index (χ0) is 26.1. The average molecular weight is 485 g/mol. The number of ether oxygens (including phenoxy) is 2. The molecule has 3 aromatic rings. The molecule has 0 aliphatic carbocycles. The summed E-state index contributed by atoms with van der Waals surface area (Å²) in [5, 5.41) is 9.24. The highest BCUT2D eigenvalue weighted by atomic mass is 19.1. The SMILES string of the molecule is C#COC.CC.Cc1cc[n+]2c(CC3CN(C)CCO3)c(-c3c(C)cc(C(=O)O)cc3F)[nH]c2c1. The van der Waals surface area contributed by atoms with E-state index in [9.17, 15) is 9.90 Å². The van der Waals surface area contributed by atoms with Crippen molar-refractivity contribution in [2.75, 3.05) is 33.9 Å². The molecular formula is C27H35FN3O4+. The number of methoxy groups -OCH3 is 1. The summed E-state index contributed by atoms with van der Waals surface area (Å²) in [4.78, 5) is 16.9. The monoisotopic (exact) mass is 484 g/mol. The standard InChI is InChI=1S/C22H24FN3O3.C3H4O.C2H6/c1-13-4-5-26-18(11-16-12-25(3)6-7-29-16)21(24-19(26)8-13)20-14(2)9-15(22(27)28)10-17(20)23;1-3-4-2;1-2/h4-5,8-10,16H,6-7,11-12H2,1-3H3,(H,27,28);1H,2H3;1-2H3/p+1. The Balaban J connectivity index is 0.000000655. The van der Waals surface area contributed by atoms with Crippen molar-refractivity contribution in [2.24, 2.45) is 0 Å². The molecule has 0 saturated carbocycles. The van der Waals surface area contributed by atoms with Gasteiger partial charge >= 0.3 is 5.97 Å². The molecule has 1 aliphatic heterocycles. The van der Waals surface area contributed by atoms with Crippen molar-refractivity contribution < 1.29 is 28.2 Å². The van der Waals surface area contributed by atoms with E-state index in [0.717, 1.165) is 36.1 Å². The number of hydrogen-bond acceptors (Lipinski definition) is 4. The second kappa shape index (κ2) is 12.9. The van der Waals surface area contributed by atoms with Crippen LogP contribution in [0.2, 0.25) is 0 Å². The number of carboxylic acids is 1. The summed E-state index contributed by atoms with van der Waals surface area (Å²) >= 11 is 0. The third-order valence-electron chi connectivity index (χ3n) is 5.61. The number of aromatic amines is 1. The van der Waals surface area contributed by atoms with Crippen molar-refractivity contribution in [3.05, 3.63) is 58.7 Å². The predicted octanol–water partition coefficient (Wildman–Crippen LogP) is 4.00. The molecule has 1 unspecified atom stereocenters. The smallest absolute Gasteiger partial charge is 0.335 e. The minimum absolute atomic E-state index is 0.00182. The van der Waals surface area contributed by atoms with Gasteiger partial charge in [-0.05, 0) is 50.2 Å². The molecule has 1 atom stereocenters. The lowest BCUT2D eigenvalue weighted by atomic mass is 9.98. The maximum Gasteiger partial charge on any atom is 0.335 e. The van der Waals surface area contributed by atoms with E-state index in [1.54, 1.807) is 6.92 Å². The van der Waals surface area contributed by atoms with E-state index < -0.39 is 11.8 Å². The first-order valence-corrected chi connectivity index (χ1v) is 11.6. The Kier molecular flexibility index (Phi) is 10.2. The number of carboxylic acid groups (broad SMARTS) is 1. The lowest BCUT2D eigenvalue weighted by Crippen LogP contribution is -2.42. The topological polar surface area (TPSA) is 78.9 Å². The molecule has 0 bridgehead atoms. The third kappa shape index (κ3) is 6.81. The van der Waals surface area contributed by atoms with Crippen molar-refractivity contribution in [1.82, 2.24) is 9.88 Å². The Morgan fingerprint density at radius 1 is 1.37 bits per heavy atom. The maximum absolute atomic E-state index is 15.1. The van der Waals surface area contributed by atoms with E-state index in [1.165, 1.54) is 13.2 Å². The normalized spacial score (nSPS) is 15.3. The van der Waals surface area contributed by atoms with Crippen LogP contribution in [0.3, 0.4) is 0 Å². The summed E-state index contributed by atoms with van der Waals surface area (Å²) < 4.78 is 27.1. The van der Waals surface area contributed by atoms with Gasteiger partial charge in [0, 0.05) is 25.6 Å². The van der Waals surface area contributed by atoms with Gasteiger partial charge in [0.05, 0.1) is 37.1 Å². The maximum atomic E-state index is 15.1. The van der Waals surface area contributed by atoms with Gasteiger partial charge in [-0.25, -0.2) is 14.2 Å². The van der Waals surface area contributed by atoms with Gasteiger partial charge in [-0.15, -0.1) is 0 Å². The molecule has 1 aromatic carbocycles. The highest BCUT2D eigenvalue weighted by Crippen LogP contribution is 2.30. The Hall–Kier alpha value is -3.41. The lowest BCUT2D eigenvalue weighted by Gasteiger charge is -2.29. The predicted molar refractivity (Wildman–Crippen MR) is 134 cm³/mol. The molecule has 188 valence electrons. The third-order valence-corrected chi connectivity index (χ3v) is 5.61. The molecule has 4 rings (SSSR count). The number of aryl methyl sites for hydroxylation is 2. The fourth-order valence-electron chi connectivity index (χ4n) is 4.06. The quantitative estimate of drug-likeness (QED) is 0.432. The zero-order valence-electron chi connectivity index (χ0n) is 21.3. The second-order valence-corrected chi connectivity index (χ2v) is 8.14. The number of pyridine rings is 1. The van der Waals surface area contributed by atoms with Gasteiger partial charge in [0.25, 0.3) is 5.65 Å². The highest BCUT2D eigenvalue weighted by Gasteiger charge is 2.29. The highest BCUT2D eigenvalue weighted by molar-refractivity contribution is 5.89. The molecule has 0 radical (unpaired) electrons. The van der Waals surface area contributed by atoms with E-state index in [-0.39, 0.29) is 11.7 Å². The molecule has 1 aliphatic rings. The van der Waals surface area contributed by atoms with Crippen LogP contribution < -0.4 is 4.40 Å². The molecule has 3 heterocycles. The molecule has 2 N–H and O–H groups in total. The van der Waals surface area contributed by atoms with Gasteiger partial charge in [-0.2, -0.15) is 4.40 Å². The van der Waals surface area contributed by atoms with Gasteiger partial charge in [-0.1, -0.05) is 20.3 Å². The summed E-state index contributed by atoms with van der Waals surface area (Å²) in [7, 11) is 3.51. The number of terminal acetylenes is 1. The first-order valence-electron chi connectivity index (χ1n) is 11.6. The van der Waals surface area contributed by atoms with Crippen LogP contribution in [0.15, 0.2) is 30.5 Å². The summed E-state index contributed by atoms with van der Waals surface area (Å²) in [5.41, 5.74) is 4.47. The summed E-state index contributed by atoms with van der Waals surface area (Å²) in [6.45, 7) is 10.1. The summed E-state index contributed by atoms with van der Waals surface area (Å²) in [6, 6.07) is 6.62. The van der Waals surface area contributed by atoms with Crippen LogP contribution in [0.25, 0.3) is 16.9 Å². The Morgan fingerprint density at radius 3 is 2.63 bits per heavy atom. The van der Waals surface area contributed by atoms with Crippen LogP contribution in [-0.2, 0) is 15.9 Å². The first kappa shape index (κ1) is 27.8. The van der Waals surface area contributed by atoms with Crippen LogP contribution in [-0.4, -0.2) is 60.9 Å². The van der Waals surface area contributed by atoms with Crippen molar-refractivity contribution in [2.45, 2.75) is 40.2 Å². The van der Waals surface area contributed by atoms with E-state index in [0.29, 0.717) is 29.8 Å². The van der Waals surface area contributed by atoms with Crippen LogP contribution in [0, 0.1) is 32.2 Å². The fourth-order valence-corrected chi connectivity index (χ4v) is 4.06. The van der Waals surface area contributed by atoms with Gasteiger partial charge < -0.3 is 19.5 Å². The molecule has 2 aromatic heterocycles. The van der Waals surface area contributed by atoms with Crippen molar-refractivity contribution in [3.8, 4) is 23.8 Å². The first-order chi connectivity index (χ1) is 16.7. The molecular weight excluding hydrogens is 449 g/mol. The van der Waals surface area contributed by atoms with Gasteiger partial charge in [0.1, 0.15) is 11.9 Å². The number of nitrogens with one attached hydrogen (secondary N) is 1. The fraction of sp³-hybridized carbons (Fsp3) is 0.407. The number of hydrogen-bond donors (Lipinski definition) is 2. The van der Waals surface area contributed by atoms with Gasteiger partial charge in [0.15, 0.2) is 11.4 Å². The summed E-state index contributed by atoms with van der Waals surface area (Å²) in [6.07, 6.45) is 9.08.